The molecule has 9 nitrogen and oxygen atoms in total. The van der Waals surface area contributed by atoms with Crippen molar-refractivity contribution in [2.75, 3.05) is 49.3 Å². The fourth-order valence-electron chi connectivity index (χ4n) is 4.27. The summed E-state index contributed by atoms with van der Waals surface area (Å²) in [4.78, 5) is 19.0. The Hall–Kier alpha value is -2.75. The molecule has 0 saturated carbocycles. The van der Waals surface area contributed by atoms with Gasteiger partial charge in [-0.15, -0.1) is 0 Å². The third-order valence-electron chi connectivity index (χ3n) is 6.17. The quantitative estimate of drug-likeness (QED) is 0.678. The smallest absolute Gasteiger partial charge is 0.239 e. The Kier molecular flexibility index (Phi) is 5.47. The van der Waals surface area contributed by atoms with Gasteiger partial charge in [0, 0.05) is 25.7 Å². The first-order valence-electron chi connectivity index (χ1n) is 10.8. The molecule has 0 aliphatic carbocycles. The summed E-state index contributed by atoms with van der Waals surface area (Å²) in [5.41, 5.74) is 1.68. The van der Waals surface area contributed by atoms with Crippen molar-refractivity contribution in [3.05, 3.63) is 36.2 Å². The van der Waals surface area contributed by atoms with E-state index in [9.17, 15) is 5.11 Å². The normalized spacial score (nSPS) is 22.3. The minimum atomic E-state index is -0.194. The molecular weight excluding hydrogens is 396 g/mol. The third kappa shape index (κ3) is 3.73. The summed E-state index contributed by atoms with van der Waals surface area (Å²) in [6.45, 7) is 8.40. The van der Waals surface area contributed by atoms with Gasteiger partial charge in [0.2, 0.25) is 5.95 Å². The molecule has 9 heteroatoms. The Morgan fingerprint density at radius 2 is 1.77 bits per heavy atom. The van der Waals surface area contributed by atoms with Gasteiger partial charge in [-0.25, -0.2) is 4.98 Å². The molecule has 2 aromatic heterocycles. The molecule has 0 radical (unpaired) electrons. The standard InChI is InChI=1S/C22H28N6O3/c1-15-16(2)31-12-9-27(15)20-13-19(26-7-10-30-11-8-26)24-22(25-20)28-18-6-4-3-5-17(18)23-21(28)14-29/h3-6,13,15-16,29H,7-12,14H2,1-2H3. The molecule has 0 bridgehead atoms. The van der Waals surface area contributed by atoms with Gasteiger partial charge in [0.05, 0.1) is 43.0 Å². The second-order valence-corrected chi connectivity index (χ2v) is 8.00. The number of ether oxygens (including phenoxy) is 2. The zero-order valence-electron chi connectivity index (χ0n) is 17.9. The van der Waals surface area contributed by atoms with Crippen molar-refractivity contribution in [3.8, 4) is 5.95 Å². The number of benzene rings is 1. The number of nitrogens with zero attached hydrogens (tertiary/aromatic N) is 6. The largest absolute Gasteiger partial charge is 0.388 e. The molecule has 0 spiro atoms. The van der Waals surface area contributed by atoms with Gasteiger partial charge < -0.3 is 24.4 Å². The van der Waals surface area contributed by atoms with Crippen LogP contribution in [-0.2, 0) is 16.1 Å². The van der Waals surface area contributed by atoms with Crippen LogP contribution < -0.4 is 9.80 Å². The van der Waals surface area contributed by atoms with Gasteiger partial charge in [-0.05, 0) is 26.0 Å². The van der Waals surface area contributed by atoms with E-state index in [1.807, 2.05) is 28.8 Å². The van der Waals surface area contributed by atoms with Crippen molar-refractivity contribution in [1.82, 2.24) is 19.5 Å². The fraction of sp³-hybridized carbons (Fsp3) is 0.500. The van der Waals surface area contributed by atoms with Crippen molar-refractivity contribution in [2.24, 2.45) is 0 Å². The van der Waals surface area contributed by atoms with Gasteiger partial charge in [-0.2, -0.15) is 9.97 Å². The van der Waals surface area contributed by atoms with Crippen LogP contribution in [0.1, 0.15) is 19.7 Å². The summed E-state index contributed by atoms with van der Waals surface area (Å²) in [5, 5.41) is 10.0. The van der Waals surface area contributed by atoms with Gasteiger partial charge in [0.1, 0.15) is 24.1 Å². The molecule has 2 unspecified atom stereocenters. The maximum absolute atomic E-state index is 10.0. The highest BCUT2D eigenvalue weighted by Gasteiger charge is 2.28. The van der Waals surface area contributed by atoms with Crippen LogP contribution in [0.15, 0.2) is 30.3 Å². The summed E-state index contributed by atoms with van der Waals surface area (Å²) in [7, 11) is 0. The number of morpholine rings is 2. The molecule has 31 heavy (non-hydrogen) atoms. The Morgan fingerprint density at radius 1 is 1.00 bits per heavy atom. The van der Waals surface area contributed by atoms with Crippen molar-refractivity contribution >= 4 is 22.7 Å². The number of imidazole rings is 1. The lowest BCUT2D eigenvalue weighted by molar-refractivity contribution is 0.0281. The molecule has 1 aromatic carbocycles. The van der Waals surface area contributed by atoms with E-state index in [0.717, 1.165) is 42.3 Å². The second-order valence-electron chi connectivity index (χ2n) is 8.00. The van der Waals surface area contributed by atoms with Gasteiger partial charge in [0.15, 0.2) is 0 Å². The molecule has 1 N–H and O–H groups in total. The zero-order valence-corrected chi connectivity index (χ0v) is 17.9. The second kappa shape index (κ2) is 8.41. The Labute approximate surface area is 181 Å². The van der Waals surface area contributed by atoms with E-state index in [2.05, 4.69) is 34.7 Å². The topological polar surface area (TPSA) is 88.8 Å². The highest BCUT2D eigenvalue weighted by Crippen LogP contribution is 2.28. The van der Waals surface area contributed by atoms with Crippen molar-refractivity contribution in [2.45, 2.75) is 32.6 Å². The number of hydrogen-bond acceptors (Lipinski definition) is 8. The average Bonchev–Trinajstić information content (AvgIpc) is 3.20. The lowest BCUT2D eigenvalue weighted by Crippen LogP contribution is -2.49. The zero-order chi connectivity index (χ0) is 21.4. The number of aliphatic hydroxyl groups is 1. The van der Waals surface area contributed by atoms with Crippen LogP contribution in [0.5, 0.6) is 0 Å². The molecule has 4 heterocycles. The number of rotatable bonds is 4. The van der Waals surface area contributed by atoms with Crippen LogP contribution in [-0.4, -0.2) is 76.2 Å². The predicted molar refractivity (Wildman–Crippen MR) is 118 cm³/mol. The lowest BCUT2D eigenvalue weighted by atomic mass is 10.1. The summed E-state index contributed by atoms with van der Waals surface area (Å²) >= 11 is 0. The molecule has 5 rings (SSSR count). The van der Waals surface area contributed by atoms with Gasteiger partial charge in [0.25, 0.3) is 0 Å². The van der Waals surface area contributed by atoms with E-state index in [1.165, 1.54) is 0 Å². The van der Waals surface area contributed by atoms with Crippen LogP contribution >= 0.6 is 0 Å². The average molecular weight is 425 g/mol. The number of para-hydroxylation sites is 2. The molecule has 2 atom stereocenters. The van der Waals surface area contributed by atoms with Crippen LogP contribution in [0.4, 0.5) is 11.6 Å². The Balaban J connectivity index is 1.67. The molecule has 2 fully saturated rings. The number of aromatic nitrogens is 4. The molecular formula is C22H28N6O3. The molecule has 164 valence electrons. The minimum absolute atomic E-state index is 0.112. The van der Waals surface area contributed by atoms with E-state index >= 15 is 0 Å². The summed E-state index contributed by atoms with van der Waals surface area (Å²) in [5.74, 6) is 2.75. The Bertz CT molecular complexity index is 1060. The molecule has 2 saturated heterocycles. The summed E-state index contributed by atoms with van der Waals surface area (Å²) in [6, 6.07) is 10.1. The van der Waals surface area contributed by atoms with Crippen LogP contribution in [0, 0.1) is 0 Å². The minimum Gasteiger partial charge on any atom is -0.388 e. The summed E-state index contributed by atoms with van der Waals surface area (Å²) in [6.07, 6.45) is 0.112. The number of fused-ring (bicyclic) bond motifs is 1. The monoisotopic (exact) mass is 424 g/mol. The van der Waals surface area contributed by atoms with Crippen molar-refractivity contribution in [3.63, 3.8) is 0 Å². The van der Waals surface area contributed by atoms with Gasteiger partial charge in [-0.3, -0.25) is 4.57 Å². The maximum Gasteiger partial charge on any atom is 0.239 e. The number of hydrogen-bond donors (Lipinski definition) is 1. The first-order chi connectivity index (χ1) is 15.2. The fourth-order valence-corrected chi connectivity index (χ4v) is 4.27. The van der Waals surface area contributed by atoms with E-state index in [0.29, 0.717) is 31.6 Å². The van der Waals surface area contributed by atoms with E-state index in [1.54, 1.807) is 0 Å². The van der Waals surface area contributed by atoms with E-state index in [4.69, 9.17) is 19.4 Å². The molecule has 2 aliphatic rings. The third-order valence-corrected chi connectivity index (χ3v) is 6.17. The van der Waals surface area contributed by atoms with Gasteiger partial charge in [-0.1, -0.05) is 12.1 Å². The first-order valence-corrected chi connectivity index (χ1v) is 10.8. The molecule has 2 aliphatic heterocycles. The lowest BCUT2D eigenvalue weighted by Gasteiger charge is -2.39. The van der Waals surface area contributed by atoms with E-state index in [-0.39, 0.29) is 18.8 Å². The SMILES string of the molecule is CC1OCCN(c2cc(N3CCOCC3)nc(-n3c(CO)nc4ccccc43)n2)C1C. The van der Waals surface area contributed by atoms with Gasteiger partial charge >= 0.3 is 0 Å². The predicted octanol–water partition coefficient (Wildman–Crippen LogP) is 1.76. The van der Waals surface area contributed by atoms with Crippen molar-refractivity contribution < 1.29 is 14.6 Å². The number of aliphatic hydroxyl groups excluding tert-OH is 1. The Morgan fingerprint density at radius 3 is 2.58 bits per heavy atom. The number of anilines is 2. The summed E-state index contributed by atoms with van der Waals surface area (Å²) < 4.78 is 13.2. The molecule has 3 aromatic rings. The van der Waals surface area contributed by atoms with E-state index < -0.39 is 0 Å². The van der Waals surface area contributed by atoms with Crippen LogP contribution in [0.2, 0.25) is 0 Å². The van der Waals surface area contributed by atoms with Crippen molar-refractivity contribution in [1.29, 1.82) is 0 Å². The highest BCUT2D eigenvalue weighted by atomic mass is 16.5. The van der Waals surface area contributed by atoms with Crippen LogP contribution in [0.25, 0.3) is 17.0 Å². The maximum atomic E-state index is 10.0. The van der Waals surface area contributed by atoms with Crippen LogP contribution in [0.3, 0.4) is 0 Å². The highest BCUT2D eigenvalue weighted by molar-refractivity contribution is 5.77. The molecule has 0 amide bonds. The first kappa shape index (κ1) is 20.2.